The molecule has 14 heavy (non-hydrogen) atoms. The molecular formula is C10H15NO3. The van der Waals surface area contributed by atoms with E-state index in [0.29, 0.717) is 19.5 Å². The quantitative estimate of drug-likeness (QED) is 0.613. The molecule has 4 heteroatoms. The number of carbonyl (C=O) groups excluding carboxylic acids is 2. The summed E-state index contributed by atoms with van der Waals surface area (Å²) in [5, 5.41) is 0. The van der Waals surface area contributed by atoms with Crippen LogP contribution in [0.25, 0.3) is 0 Å². The molecule has 1 aliphatic heterocycles. The Morgan fingerprint density at radius 3 is 2.50 bits per heavy atom. The number of ether oxygens (including phenoxy) is 1. The van der Waals surface area contributed by atoms with E-state index in [9.17, 15) is 9.59 Å². The Balaban J connectivity index is 1.97. The van der Waals surface area contributed by atoms with Gasteiger partial charge in [-0.2, -0.15) is 0 Å². The molecule has 0 atom stereocenters. The molecule has 1 heterocycles. The largest absolute Gasteiger partial charge is 0.376 e. The number of amides is 1. The third-order valence-electron chi connectivity index (χ3n) is 3.31. The number of rotatable bonds is 3. The van der Waals surface area contributed by atoms with Crippen molar-refractivity contribution in [3.8, 4) is 0 Å². The van der Waals surface area contributed by atoms with Gasteiger partial charge in [0, 0.05) is 20.1 Å². The molecule has 1 amide bonds. The van der Waals surface area contributed by atoms with Gasteiger partial charge in [-0.05, 0) is 19.3 Å². The van der Waals surface area contributed by atoms with Gasteiger partial charge in [0.15, 0.2) is 0 Å². The molecule has 0 aromatic carbocycles. The smallest absolute Gasteiger partial charge is 0.290 e. The highest BCUT2D eigenvalue weighted by molar-refractivity contribution is 6.37. The Kier molecular flexibility index (Phi) is 2.31. The van der Waals surface area contributed by atoms with E-state index in [1.54, 1.807) is 12.0 Å². The van der Waals surface area contributed by atoms with Crippen LogP contribution in [-0.4, -0.2) is 42.4 Å². The number of ketones is 1. The van der Waals surface area contributed by atoms with Gasteiger partial charge in [0.2, 0.25) is 5.78 Å². The maximum absolute atomic E-state index is 11.4. The van der Waals surface area contributed by atoms with Crippen molar-refractivity contribution in [3.05, 3.63) is 0 Å². The van der Waals surface area contributed by atoms with Crippen LogP contribution in [0.2, 0.25) is 0 Å². The second kappa shape index (κ2) is 3.35. The van der Waals surface area contributed by atoms with Crippen molar-refractivity contribution in [1.29, 1.82) is 0 Å². The normalized spacial score (nSPS) is 25.4. The minimum Gasteiger partial charge on any atom is -0.376 e. The van der Waals surface area contributed by atoms with Crippen LogP contribution in [0.1, 0.15) is 25.7 Å². The molecular weight excluding hydrogens is 182 g/mol. The molecule has 1 saturated heterocycles. The molecule has 0 unspecified atom stereocenters. The molecule has 0 spiro atoms. The summed E-state index contributed by atoms with van der Waals surface area (Å²) < 4.78 is 5.41. The van der Waals surface area contributed by atoms with E-state index in [0.717, 1.165) is 19.3 Å². The van der Waals surface area contributed by atoms with Crippen LogP contribution in [0.5, 0.6) is 0 Å². The molecule has 1 saturated carbocycles. The average Bonchev–Trinajstić information content (AvgIpc) is 2.42. The number of hydrogen-bond donors (Lipinski definition) is 0. The van der Waals surface area contributed by atoms with Crippen molar-refractivity contribution in [3.63, 3.8) is 0 Å². The van der Waals surface area contributed by atoms with E-state index in [1.807, 2.05) is 0 Å². The summed E-state index contributed by atoms with van der Waals surface area (Å²) in [5.41, 5.74) is -0.153. The second-order valence-corrected chi connectivity index (χ2v) is 4.14. The Morgan fingerprint density at radius 1 is 1.43 bits per heavy atom. The Bertz CT molecular complexity index is 265. The second-order valence-electron chi connectivity index (χ2n) is 4.14. The SMILES string of the molecule is COC1(CN2CCC(=O)C2=O)CCC1. The van der Waals surface area contributed by atoms with Gasteiger partial charge in [-0.3, -0.25) is 9.59 Å². The minimum atomic E-state index is -0.326. The lowest BCUT2D eigenvalue weighted by molar-refractivity contribution is -0.145. The molecule has 4 nitrogen and oxygen atoms in total. The average molecular weight is 197 g/mol. The molecule has 0 aromatic heterocycles. The van der Waals surface area contributed by atoms with Gasteiger partial charge in [0.25, 0.3) is 5.91 Å². The summed E-state index contributed by atoms with van der Waals surface area (Å²) in [4.78, 5) is 24.0. The summed E-state index contributed by atoms with van der Waals surface area (Å²) in [5.74, 6) is -0.580. The molecule has 2 fully saturated rings. The fourth-order valence-corrected chi connectivity index (χ4v) is 2.12. The Morgan fingerprint density at radius 2 is 2.14 bits per heavy atom. The summed E-state index contributed by atoms with van der Waals surface area (Å²) in [6.07, 6.45) is 3.53. The van der Waals surface area contributed by atoms with Crippen molar-refractivity contribution in [2.24, 2.45) is 0 Å². The number of Topliss-reactive ketones (excluding diaryl/α,β-unsaturated/α-hetero) is 1. The topological polar surface area (TPSA) is 46.6 Å². The third-order valence-corrected chi connectivity index (χ3v) is 3.31. The van der Waals surface area contributed by atoms with Crippen molar-refractivity contribution in [1.82, 2.24) is 4.90 Å². The minimum absolute atomic E-state index is 0.153. The Hall–Kier alpha value is -0.900. The highest BCUT2D eigenvalue weighted by Crippen LogP contribution is 2.36. The van der Waals surface area contributed by atoms with E-state index in [4.69, 9.17) is 4.74 Å². The maximum atomic E-state index is 11.4. The summed E-state index contributed by atoms with van der Waals surface area (Å²) >= 11 is 0. The van der Waals surface area contributed by atoms with Crippen LogP contribution in [0, 0.1) is 0 Å². The van der Waals surface area contributed by atoms with E-state index in [2.05, 4.69) is 0 Å². The van der Waals surface area contributed by atoms with E-state index in [1.165, 1.54) is 0 Å². The van der Waals surface area contributed by atoms with Gasteiger partial charge in [-0.25, -0.2) is 0 Å². The first-order valence-corrected chi connectivity index (χ1v) is 5.04. The highest BCUT2D eigenvalue weighted by Gasteiger charge is 2.42. The number of hydrogen-bond acceptors (Lipinski definition) is 3. The van der Waals surface area contributed by atoms with Gasteiger partial charge >= 0.3 is 0 Å². The maximum Gasteiger partial charge on any atom is 0.290 e. The standard InChI is InChI=1S/C10H15NO3/c1-14-10(4-2-5-10)7-11-6-3-8(12)9(11)13/h2-7H2,1H3. The van der Waals surface area contributed by atoms with Gasteiger partial charge in [-0.15, -0.1) is 0 Å². The number of methoxy groups -OCH3 is 1. The van der Waals surface area contributed by atoms with E-state index in [-0.39, 0.29) is 17.3 Å². The first-order chi connectivity index (χ1) is 6.67. The first kappa shape index (κ1) is 9.65. The lowest BCUT2D eigenvalue weighted by atomic mass is 9.79. The van der Waals surface area contributed by atoms with Crippen LogP contribution in [0.3, 0.4) is 0 Å². The van der Waals surface area contributed by atoms with Gasteiger partial charge < -0.3 is 9.64 Å². The van der Waals surface area contributed by atoms with Crippen molar-refractivity contribution in [2.45, 2.75) is 31.3 Å². The Labute approximate surface area is 83.2 Å². The van der Waals surface area contributed by atoms with Crippen LogP contribution in [0.4, 0.5) is 0 Å². The molecule has 2 rings (SSSR count). The van der Waals surface area contributed by atoms with Gasteiger partial charge in [0.05, 0.1) is 12.1 Å². The summed E-state index contributed by atoms with van der Waals surface area (Å²) in [6, 6.07) is 0. The molecule has 0 N–H and O–H groups in total. The molecule has 78 valence electrons. The fraction of sp³-hybridized carbons (Fsp3) is 0.800. The zero-order valence-corrected chi connectivity index (χ0v) is 8.41. The predicted molar refractivity (Wildman–Crippen MR) is 49.8 cm³/mol. The van der Waals surface area contributed by atoms with Gasteiger partial charge in [-0.1, -0.05) is 0 Å². The summed E-state index contributed by atoms with van der Waals surface area (Å²) in [7, 11) is 1.68. The monoisotopic (exact) mass is 197 g/mol. The third kappa shape index (κ3) is 1.43. The molecule has 0 aromatic rings. The van der Waals surface area contributed by atoms with Crippen LogP contribution in [-0.2, 0) is 14.3 Å². The zero-order valence-electron chi connectivity index (χ0n) is 8.41. The van der Waals surface area contributed by atoms with Crippen LogP contribution < -0.4 is 0 Å². The van der Waals surface area contributed by atoms with Crippen molar-refractivity contribution < 1.29 is 14.3 Å². The van der Waals surface area contributed by atoms with Gasteiger partial charge in [0.1, 0.15) is 0 Å². The molecule has 1 aliphatic carbocycles. The highest BCUT2D eigenvalue weighted by atomic mass is 16.5. The fourth-order valence-electron chi connectivity index (χ4n) is 2.12. The van der Waals surface area contributed by atoms with E-state index >= 15 is 0 Å². The van der Waals surface area contributed by atoms with Crippen molar-refractivity contribution >= 4 is 11.7 Å². The molecule has 0 bridgehead atoms. The summed E-state index contributed by atoms with van der Waals surface area (Å²) in [6.45, 7) is 1.16. The predicted octanol–water partition coefficient (Wildman–Crippen LogP) is 0.357. The lowest BCUT2D eigenvalue weighted by Gasteiger charge is -2.42. The lowest BCUT2D eigenvalue weighted by Crippen LogP contribution is -2.50. The number of nitrogens with zero attached hydrogens (tertiary/aromatic N) is 1. The molecule has 0 radical (unpaired) electrons. The molecule has 2 aliphatic rings. The van der Waals surface area contributed by atoms with Crippen LogP contribution >= 0.6 is 0 Å². The first-order valence-electron chi connectivity index (χ1n) is 5.04. The van der Waals surface area contributed by atoms with Crippen LogP contribution in [0.15, 0.2) is 0 Å². The van der Waals surface area contributed by atoms with E-state index < -0.39 is 0 Å². The van der Waals surface area contributed by atoms with Crippen molar-refractivity contribution in [2.75, 3.05) is 20.2 Å². The zero-order chi connectivity index (χ0) is 10.2. The number of likely N-dealkylation sites (tertiary alicyclic amines) is 1. The number of carbonyl (C=O) groups is 2.